The van der Waals surface area contributed by atoms with E-state index in [-0.39, 0.29) is 12.1 Å². The maximum Gasteiger partial charge on any atom is 0.333 e. The molecule has 5 nitrogen and oxygen atoms in total. The van der Waals surface area contributed by atoms with E-state index in [9.17, 15) is 4.79 Å². The van der Waals surface area contributed by atoms with E-state index in [2.05, 4.69) is 134 Å². The number of allylic oxidation sites excluding steroid dienone is 5. The van der Waals surface area contributed by atoms with Crippen molar-refractivity contribution in [2.24, 2.45) is 0 Å². The Bertz CT molecular complexity index is 1660. The third-order valence-electron chi connectivity index (χ3n) is 9.42. The molecule has 1 N–H and O–H groups in total. The normalized spacial score (nSPS) is 17.6. The molecule has 5 rings (SSSR count). The third-order valence-corrected chi connectivity index (χ3v) is 9.42. The number of benzene rings is 3. The second-order valence-electron chi connectivity index (χ2n) is 12.3. The van der Waals surface area contributed by atoms with Crippen LogP contribution in [0.5, 0.6) is 0 Å². The van der Waals surface area contributed by atoms with Crippen LogP contribution in [-0.4, -0.2) is 54.6 Å². The quantitative estimate of drug-likeness (QED) is 0.133. The SMILES string of the molecule is C=C(C)C(=O)OC1CCC(Nc2ccc(C(=C3C=CC(=[N+](CC)CC)C=C3)c3ccc(N(CC)CC)cc3)c3ccccc23)CC1. The molecule has 0 bridgehead atoms. The minimum atomic E-state index is -0.282. The van der Waals surface area contributed by atoms with Crippen LogP contribution >= 0.6 is 0 Å². The van der Waals surface area contributed by atoms with Crippen molar-refractivity contribution in [1.29, 1.82) is 0 Å². The zero-order valence-electron chi connectivity index (χ0n) is 28.3. The van der Waals surface area contributed by atoms with Gasteiger partial charge in [0.1, 0.15) is 19.2 Å². The van der Waals surface area contributed by atoms with Gasteiger partial charge in [-0.15, -0.1) is 0 Å². The lowest BCUT2D eigenvalue weighted by Crippen LogP contribution is -2.31. The number of nitrogens with zero attached hydrogens (tertiary/aromatic N) is 2. The van der Waals surface area contributed by atoms with Crippen LogP contribution in [0.2, 0.25) is 0 Å². The van der Waals surface area contributed by atoms with Crippen LogP contribution in [0, 0.1) is 0 Å². The van der Waals surface area contributed by atoms with Crippen molar-refractivity contribution in [3.05, 3.63) is 114 Å². The van der Waals surface area contributed by atoms with Crippen molar-refractivity contribution in [2.45, 2.75) is 72.4 Å². The van der Waals surface area contributed by atoms with Gasteiger partial charge in [0.25, 0.3) is 0 Å². The number of rotatable bonds is 11. The average molecular weight is 617 g/mol. The zero-order valence-corrected chi connectivity index (χ0v) is 28.3. The summed E-state index contributed by atoms with van der Waals surface area (Å²) in [4.78, 5) is 14.4. The fourth-order valence-electron chi connectivity index (χ4n) is 6.77. The van der Waals surface area contributed by atoms with Crippen LogP contribution < -0.4 is 10.2 Å². The maximum absolute atomic E-state index is 12.0. The average Bonchev–Trinajstić information content (AvgIpc) is 3.09. The summed E-state index contributed by atoms with van der Waals surface area (Å²) in [6.07, 6.45) is 12.7. The van der Waals surface area contributed by atoms with Gasteiger partial charge in [-0.05, 0) is 118 Å². The summed E-state index contributed by atoms with van der Waals surface area (Å²) in [5, 5.41) is 6.30. The first-order chi connectivity index (χ1) is 22.4. The number of hydrogen-bond donors (Lipinski definition) is 1. The second-order valence-corrected chi connectivity index (χ2v) is 12.3. The molecular formula is C41H50N3O2+. The third kappa shape index (κ3) is 7.36. The van der Waals surface area contributed by atoms with Gasteiger partial charge in [0, 0.05) is 53.6 Å². The molecule has 0 aliphatic heterocycles. The number of hydrogen-bond acceptors (Lipinski definition) is 4. The van der Waals surface area contributed by atoms with Crippen LogP contribution in [0.15, 0.2) is 103 Å². The van der Waals surface area contributed by atoms with Crippen LogP contribution in [-0.2, 0) is 9.53 Å². The molecule has 1 fully saturated rings. The zero-order chi connectivity index (χ0) is 32.6. The lowest BCUT2D eigenvalue weighted by atomic mass is 9.87. The predicted molar refractivity (Wildman–Crippen MR) is 195 cm³/mol. The topological polar surface area (TPSA) is 44.6 Å². The van der Waals surface area contributed by atoms with Crippen LogP contribution in [0.1, 0.15) is 71.4 Å². The van der Waals surface area contributed by atoms with Crippen molar-refractivity contribution in [3.8, 4) is 0 Å². The largest absolute Gasteiger partial charge is 0.459 e. The number of carbonyl (C=O) groups is 1. The van der Waals surface area contributed by atoms with Gasteiger partial charge in [0.05, 0.1) is 0 Å². The molecule has 0 unspecified atom stereocenters. The molecule has 3 aromatic rings. The van der Waals surface area contributed by atoms with Crippen molar-refractivity contribution in [1.82, 2.24) is 0 Å². The van der Waals surface area contributed by atoms with Crippen molar-refractivity contribution >= 4 is 39.4 Å². The van der Waals surface area contributed by atoms with E-state index < -0.39 is 0 Å². The summed E-state index contributed by atoms with van der Waals surface area (Å²) < 4.78 is 8.02. The van der Waals surface area contributed by atoms with Gasteiger partial charge in [-0.25, -0.2) is 9.37 Å². The summed E-state index contributed by atoms with van der Waals surface area (Å²) in [6, 6.07) is 22.7. The minimum Gasteiger partial charge on any atom is -0.459 e. The summed E-state index contributed by atoms with van der Waals surface area (Å²) in [5.41, 5.74) is 8.98. The number of fused-ring (bicyclic) bond motifs is 1. The molecule has 46 heavy (non-hydrogen) atoms. The molecule has 240 valence electrons. The summed E-state index contributed by atoms with van der Waals surface area (Å²) in [7, 11) is 0. The number of esters is 1. The first-order valence-corrected chi connectivity index (χ1v) is 17.1. The van der Waals surface area contributed by atoms with Crippen LogP contribution in [0.4, 0.5) is 11.4 Å². The van der Waals surface area contributed by atoms with Gasteiger partial charge in [-0.3, -0.25) is 0 Å². The first kappa shape index (κ1) is 33.0. The second kappa shape index (κ2) is 15.3. The maximum atomic E-state index is 12.0. The molecule has 2 aliphatic carbocycles. The Hall–Kier alpha value is -4.38. The number of carbonyl (C=O) groups excluding carboxylic acids is 1. The Labute approximate surface area is 275 Å². The molecule has 0 atom stereocenters. The highest BCUT2D eigenvalue weighted by Crippen LogP contribution is 2.38. The number of nitrogens with one attached hydrogen (secondary N) is 1. The van der Waals surface area contributed by atoms with Crippen LogP contribution in [0.25, 0.3) is 16.3 Å². The number of anilines is 2. The highest BCUT2D eigenvalue weighted by atomic mass is 16.5. The van der Waals surface area contributed by atoms with Crippen LogP contribution in [0.3, 0.4) is 0 Å². The summed E-state index contributed by atoms with van der Waals surface area (Å²) in [5.74, 6) is -0.282. The molecule has 0 spiro atoms. The van der Waals surface area contributed by atoms with Gasteiger partial charge >= 0.3 is 5.97 Å². The fourth-order valence-corrected chi connectivity index (χ4v) is 6.77. The lowest BCUT2D eigenvalue weighted by molar-refractivity contribution is -0.519. The molecule has 0 amide bonds. The van der Waals surface area contributed by atoms with Crippen molar-refractivity contribution in [3.63, 3.8) is 0 Å². The molecular weight excluding hydrogens is 566 g/mol. The van der Waals surface area contributed by atoms with E-state index in [0.29, 0.717) is 11.6 Å². The van der Waals surface area contributed by atoms with E-state index in [0.717, 1.165) is 57.5 Å². The Kier molecular flexibility index (Phi) is 11.0. The van der Waals surface area contributed by atoms with E-state index in [4.69, 9.17) is 4.74 Å². The highest BCUT2D eigenvalue weighted by Gasteiger charge is 2.25. The van der Waals surface area contributed by atoms with Crippen molar-refractivity contribution < 1.29 is 14.1 Å². The van der Waals surface area contributed by atoms with E-state index in [1.807, 2.05) is 0 Å². The van der Waals surface area contributed by atoms with Gasteiger partial charge in [-0.1, -0.05) is 49.0 Å². The Morgan fingerprint density at radius 2 is 1.48 bits per heavy atom. The van der Waals surface area contributed by atoms with Gasteiger partial charge in [-0.2, -0.15) is 0 Å². The van der Waals surface area contributed by atoms with Gasteiger partial charge in [0.15, 0.2) is 5.71 Å². The fraction of sp³-hybridized carbons (Fsp3) is 0.366. The first-order valence-electron chi connectivity index (χ1n) is 17.1. The molecule has 5 heteroatoms. The Morgan fingerprint density at radius 3 is 2.07 bits per heavy atom. The predicted octanol–water partition coefficient (Wildman–Crippen LogP) is 8.95. The molecule has 0 radical (unpaired) electrons. The molecule has 0 saturated heterocycles. The highest BCUT2D eigenvalue weighted by molar-refractivity contribution is 6.07. The summed E-state index contributed by atoms with van der Waals surface area (Å²) >= 11 is 0. The molecule has 3 aromatic carbocycles. The van der Waals surface area contributed by atoms with Gasteiger partial charge in [0.2, 0.25) is 0 Å². The van der Waals surface area contributed by atoms with E-state index >= 15 is 0 Å². The smallest absolute Gasteiger partial charge is 0.333 e. The monoisotopic (exact) mass is 616 g/mol. The lowest BCUT2D eigenvalue weighted by Gasteiger charge is -2.30. The standard InChI is InChI=1S/C41H49N3O2/c1-7-43(8-2)33-21-15-30(16-22-33)40(31-17-23-34(24-18-31)44(9-3)10-4)38-27-28-39(37-14-12-11-13-36(37)38)42-32-19-25-35(26-20-32)46-41(45)29(5)6/h11-18,21-24,27-28,32,35H,5,7-10,19-20,25-26H2,1-4,6H3/p+1. The van der Waals surface area contributed by atoms with E-state index in [1.54, 1.807) is 6.92 Å². The Balaban J connectivity index is 1.51. The molecule has 1 saturated carbocycles. The van der Waals surface area contributed by atoms with Gasteiger partial charge < -0.3 is 15.0 Å². The minimum absolute atomic E-state index is 0.0280. The molecule has 0 aromatic heterocycles. The number of ether oxygens (including phenoxy) is 1. The Morgan fingerprint density at radius 1 is 0.848 bits per heavy atom. The van der Waals surface area contributed by atoms with E-state index in [1.165, 1.54) is 44.4 Å². The molecule has 0 heterocycles. The molecule has 2 aliphatic rings. The van der Waals surface area contributed by atoms with Crippen molar-refractivity contribution in [2.75, 3.05) is 36.4 Å². The summed E-state index contributed by atoms with van der Waals surface area (Å²) in [6.45, 7) is 18.2.